The summed E-state index contributed by atoms with van der Waals surface area (Å²) in [7, 11) is 2.18. The normalized spacial score (nSPS) is 16.4. The van der Waals surface area contributed by atoms with Crippen LogP contribution in [0.25, 0.3) is 0 Å². The Kier molecular flexibility index (Phi) is 5.85. The van der Waals surface area contributed by atoms with E-state index in [0.29, 0.717) is 0 Å². The van der Waals surface area contributed by atoms with E-state index >= 15 is 0 Å². The highest BCUT2D eigenvalue weighted by atomic mass is 32.1. The summed E-state index contributed by atoms with van der Waals surface area (Å²) in [5, 5.41) is 4.82. The lowest BCUT2D eigenvalue weighted by molar-refractivity contribution is 0.559. The standard InChI is InChI=1S/C16H29N3S/c1-5-7-14-15(10-17-13-8-9-13)20-16(18-14)19(4)11-12(3)6-2/h12-13,17H,5-11H2,1-4H3. The molecular weight excluding hydrogens is 266 g/mol. The van der Waals surface area contributed by atoms with Crippen molar-refractivity contribution in [2.24, 2.45) is 5.92 Å². The first kappa shape index (κ1) is 15.8. The van der Waals surface area contributed by atoms with E-state index in [9.17, 15) is 0 Å². The summed E-state index contributed by atoms with van der Waals surface area (Å²) in [6.45, 7) is 8.92. The SMILES string of the molecule is CCCc1nc(N(C)CC(C)CC)sc1CNC1CC1. The van der Waals surface area contributed by atoms with Crippen molar-refractivity contribution in [2.45, 2.75) is 65.5 Å². The molecule has 1 heterocycles. The second-order valence-corrected chi connectivity index (χ2v) is 7.23. The van der Waals surface area contributed by atoms with Gasteiger partial charge in [0.05, 0.1) is 5.69 Å². The largest absolute Gasteiger partial charge is 0.351 e. The van der Waals surface area contributed by atoms with Gasteiger partial charge in [-0.3, -0.25) is 0 Å². The van der Waals surface area contributed by atoms with Crippen molar-refractivity contribution in [3.05, 3.63) is 10.6 Å². The molecule has 1 aliphatic rings. The summed E-state index contributed by atoms with van der Waals surface area (Å²) in [6, 6.07) is 0.771. The Morgan fingerprint density at radius 2 is 2.15 bits per heavy atom. The summed E-state index contributed by atoms with van der Waals surface area (Å²) in [6.07, 6.45) is 6.21. The van der Waals surface area contributed by atoms with Crippen LogP contribution in [0, 0.1) is 5.92 Å². The molecule has 0 bridgehead atoms. The summed E-state index contributed by atoms with van der Waals surface area (Å²) in [5.41, 5.74) is 1.32. The maximum Gasteiger partial charge on any atom is 0.185 e. The Bertz CT molecular complexity index is 412. The second kappa shape index (κ2) is 7.41. The number of thiazole rings is 1. The highest BCUT2D eigenvalue weighted by Gasteiger charge is 2.22. The predicted octanol–water partition coefficient (Wildman–Crippen LogP) is 3.83. The van der Waals surface area contributed by atoms with Crippen LogP contribution in [0.4, 0.5) is 5.13 Å². The summed E-state index contributed by atoms with van der Waals surface area (Å²) in [5.74, 6) is 0.728. The fourth-order valence-corrected chi connectivity index (χ4v) is 3.33. The summed E-state index contributed by atoms with van der Waals surface area (Å²) in [4.78, 5) is 8.67. The lowest BCUT2D eigenvalue weighted by Crippen LogP contribution is -2.23. The van der Waals surface area contributed by atoms with E-state index < -0.39 is 0 Å². The van der Waals surface area contributed by atoms with Gasteiger partial charge in [0.25, 0.3) is 0 Å². The van der Waals surface area contributed by atoms with Crippen LogP contribution in [0.3, 0.4) is 0 Å². The van der Waals surface area contributed by atoms with Crippen molar-refractivity contribution in [1.29, 1.82) is 0 Å². The van der Waals surface area contributed by atoms with Gasteiger partial charge in [-0.15, -0.1) is 11.3 Å². The fourth-order valence-electron chi connectivity index (χ4n) is 2.30. The third kappa shape index (κ3) is 4.45. The van der Waals surface area contributed by atoms with Crippen LogP contribution in [-0.2, 0) is 13.0 Å². The molecule has 1 atom stereocenters. The highest BCUT2D eigenvalue weighted by molar-refractivity contribution is 7.15. The van der Waals surface area contributed by atoms with Gasteiger partial charge in [0, 0.05) is 31.1 Å². The first-order valence-electron chi connectivity index (χ1n) is 8.07. The van der Waals surface area contributed by atoms with Gasteiger partial charge in [-0.25, -0.2) is 4.98 Å². The van der Waals surface area contributed by atoms with Crippen LogP contribution in [0.15, 0.2) is 0 Å². The lowest BCUT2D eigenvalue weighted by Gasteiger charge is -2.19. The van der Waals surface area contributed by atoms with Crippen molar-refractivity contribution < 1.29 is 0 Å². The van der Waals surface area contributed by atoms with Gasteiger partial charge in [0.2, 0.25) is 0 Å². The van der Waals surface area contributed by atoms with E-state index in [2.05, 4.69) is 38.0 Å². The van der Waals surface area contributed by atoms with Crippen LogP contribution in [0.1, 0.15) is 57.0 Å². The number of nitrogens with one attached hydrogen (secondary N) is 1. The molecule has 2 rings (SSSR count). The molecule has 4 heteroatoms. The van der Waals surface area contributed by atoms with E-state index in [0.717, 1.165) is 31.5 Å². The van der Waals surface area contributed by atoms with E-state index in [1.807, 2.05) is 11.3 Å². The summed E-state index contributed by atoms with van der Waals surface area (Å²) >= 11 is 1.88. The molecule has 1 aromatic heterocycles. The van der Waals surface area contributed by atoms with Gasteiger partial charge in [-0.05, 0) is 25.2 Å². The molecule has 1 saturated carbocycles. The van der Waals surface area contributed by atoms with Gasteiger partial charge in [0.15, 0.2) is 5.13 Å². The monoisotopic (exact) mass is 295 g/mol. The zero-order valence-electron chi connectivity index (χ0n) is 13.4. The number of anilines is 1. The molecular formula is C16H29N3S. The molecule has 114 valence electrons. The van der Waals surface area contributed by atoms with Gasteiger partial charge in [-0.2, -0.15) is 0 Å². The minimum absolute atomic E-state index is 0.728. The van der Waals surface area contributed by atoms with Gasteiger partial charge >= 0.3 is 0 Å². The average Bonchev–Trinajstić information content (AvgIpc) is 3.17. The predicted molar refractivity (Wildman–Crippen MR) is 88.7 cm³/mol. The molecule has 0 spiro atoms. The van der Waals surface area contributed by atoms with Crippen LogP contribution in [0.5, 0.6) is 0 Å². The highest BCUT2D eigenvalue weighted by Crippen LogP contribution is 2.28. The van der Waals surface area contributed by atoms with Crippen LogP contribution in [0.2, 0.25) is 0 Å². The van der Waals surface area contributed by atoms with Crippen LogP contribution in [-0.4, -0.2) is 24.6 Å². The molecule has 1 N–H and O–H groups in total. The molecule has 3 nitrogen and oxygen atoms in total. The van der Waals surface area contributed by atoms with Crippen molar-refractivity contribution in [2.75, 3.05) is 18.5 Å². The zero-order chi connectivity index (χ0) is 14.5. The second-order valence-electron chi connectivity index (χ2n) is 6.17. The Morgan fingerprint density at radius 3 is 2.75 bits per heavy atom. The molecule has 20 heavy (non-hydrogen) atoms. The molecule has 1 aliphatic carbocycles. The minimum atomic E-state index is 0.728. The van der Waals surface area contributed by atoms with Crippen molar-refractivity contribution in [1.82, 2.24) is 10.3 Å². The van der Waals surface area contributed by atoms with Crippen molar-refractivity contribution >= 4 is 16.5 Å². The van der Waals surface area contributed by atoms with E-state index in [4.69, 9.17) is 4.98 Å². The average molecular weight is 295 g/mol. The first-order chi connectivity index (χ1) is 9.63. The first-order valence-corrected chi connectivity index (χ1v) is 8.88. The number of aryl methyl sites for hydroxylation is 1. The number of nitrogens with zero attached hydrogens (tertiary/aromatic N) is 2. The van der Waals surface area contributed by atoms with Crippen molar-refractivity contribution in [3.63, 3.8) is 0 Å². The maximum atomic E-state index is 4.89. The number of aromatic nitrogens is 1. The van der Waals surface area contributed by atoms with Crippen molar-refractivity contribution in [3.8, 4) is 0 Å². The zero-order valence-corrected chi connectivity index (χ0v) is 14.2. The Hall–Kier alpha value is -0.610. The van der Waals surface area contributed by atoms with Gasteiger partial charge in [-0.1, -0.05) is 33.6 Å². The Balaban J connectivity index is 2.01. The molecule has 0 radical (unpaired) electrons. The molecule has 0 aromatic carbocycles. The van der Waals surface area contributed by atoms with E-state index in [-0.39, 0.29) is 0 Å². The third-order valence-electron chi connectivity index (χ3n) is 3.99. The lowest BCUT2D eigenvalue weighted by atomic mass is 10.1. The number of hydrogen-bond donors (Lipinski definition) is 1. The number of hydrogen-bond acceptors (Lipinski definition) is 4. The quantitative estimate of drug-likeness (QED) is 0.750. The summed E-state index contributed by atoms with van der Waals surface area (Å²) < 4.78 is 0. The molecule has 1 aromatic rings. The third-order valence-corrected chi connectivity index (χ3v) is 5.20. The van der Waals surface area contributed by atoms with E-state index in [1.54, 1.807) is 0 Å². The minimum Gasteiger partial charge on any atom is -0.351 e. The maximum absolute atomic E-state index is 4.89. The number of rotatable bonds is 9. The van der Waals surface area contributed by atoms with Crippen LogP contribution >= 0.6 is 11.3 Å². The Labute approximate surface area is 127 Å². The molecule has 0 saturated heterocycles. The van der Waals surface area contributed by atoms with Gasteiger partial charge in [0.1, 0.15) is 0 Å². The van der Waals surface area contributed by atoms with E-state index in [1.165, 1.54) is 41.4 Å². The molecule has 0 amide bonds. The fraction of sp³-hybridized carbons (Fsp3) is 0.812. The van der Waals surface area contributed by atoms with Gasteiger partial charge < -0.3 is 10.2 Å². The molecule has 1 unspecified atom stereocenters. The smallest absolute Gasteiger partial charge is 0.185 e. The van der Waals surface area contributed by atoms with Crippen LogP contribution < -0.4 is 10.2 Å². The molecule has 1 fully saturated rings. The Morgan fingerprint density at radius 1 is 1.40 bits per heavy atom. The topological polar surface area (TPSA) is 28.2 Å². The molecule has 0 aliphatic heterocycles.